The van der Waals surface area contributed by atoms with E-state index in [9.17, 15) is 9.59 Å². The molecule has 2 amide bonds. The van der Waals surface area contributed by atoms with E-state index in [0.717, 1.165) is 15.6 Å². The first-order valence-corrected chi connectivity index (χ1v) is 10.1. The number of nitrogens with one attached hydrogen (secondary N) is 2. The maximum Gasteiger partial charge on any atom is 0.248 e. The summed E-state index contributed by atoms with van der Waals surface area (Å²) in [5.41, 5.74) is 1.86. The second-order valence-corrected chi connectivity index (χ2v) is 7.59. The highest BCUT2D eigenvalue weighted by atomic mass is 79.9. The van der Waals surface area contributed by atoms with E-state index in [-0.39, 0.29) is 24.2 Å². The Morgan fingerprint density at radius 2 is 1.83 bits per heavy atom. The van der Waals surface area contributed by atoms with Crippen molar-refractivity contribution in [3.63, 3.8) is 0 Å². The van der Waals surface area contributed by atoms with E-state index in [2.05, 4.69) is 36.6 Å². The van der Waals surface area contributed by atoms with Crippen LogP contribution >= 0.6 is 15.9 Å². The van der Waals surface area contributed by atoms with Crippen LogP contribution in [0.4, 0.5) is 5.95 Å². The molecule has 9 heteroatoms. The molecule has 156 valence electrons. The van der Waals surface area contributed by atoms with Crippen molar-refractivity contribution in [2.24, 2.45) is 0 Å². The summed E-state index contributed by atoms with van der Waals surface area (Å²) in [7, 11) is 1.58. The molecule has 0 spiro atoms. The number of carbonyl (C=O) groups is 2. The fraction of sp³-hybridized carbons (Fsp3) is 0.238. The molecule has 0 saturated carbocycles. The van der Waals surface area contributed by atoms with Crippen LogP contribution in [0.1, 0.15) is 30.5 Å². The molecular formula is C21H22BrN5O3. The lowest BCUT2D eigenvalue weighted by Gasteiger charge is -2.18. The highest BCUT2D eigenvalue weighted by molar-refractivity contribution is 9.10. The first-order valence-electron chi connectivity index (χ1n) is 9.27. The minimum atomic E-state index is -0.474. The fourth-order valence-corrected chi connectivity index (χ4v) is 3.16. The zero-order chi connectivity index (χ0) is 21.5. The van der Waals surface area contributed by atoms with Gasteiger partial charge in [-0.15, -0.1) is 5.10 Å². The number of rotatable bonds is 8. The van der Waals surface area contributed by atoms with Crippen molar-refractivity contribution in [2.75, 3.05) is 12.4 Å². The van der Waals surface area contributed by atoms with Crippen LogP contribution in [0.3, 0.4) is 0 Å². The van der Waals surface area contributed by atoms with Crippen LogP contribution in [0.15, 0.2) is 59.3 Å². The van der Waals surface area contributed by atoms with Crippen molar-refractivity contribution in [1.29, 1.82) is 0 Å². The zero-order valence-electron chi connectivity index (χ0n) is 16.6. The smallest absolute Gasteiger partial charge is 0.248 e. The van der Waals surface area contributed by atoms with Gasteiger partial charge in [-0.1, -0.05) is 40.2 Å². The van der Waals surface area contributed by atoms with Crippen molar-refractivity contribution in [3.05, 3.63) is 70.5 Å². The van der Waals surface area contributed by atoms with E-state index in [1.165, 1.54) is 6.92 Å². The Labute approximate surface area is 182 Å². The fourth-order valence-electron chi connectivity index (χ4n) is 2.90. The van der Waals surface area contributed by atoms with Crippen LogP contribution < -0.4 is 15.4 Å². The molecule has 30 heavy (non-hydrogen) atoms. The Kier molecular flexibility index (Phi) is 7.18. The van der Waals surface area contributed by atoms with Crippen LogP contribution in [-0.4, -0.2) is 33.7 Å². The number of anilines is 1. The highest BCUT2D eigenvalue weighted by Crippen LogP contribution is 2.21. The summed E-state index contributed by atoms with van der Waals surface area (Å²) in [4.78, 5) is 28.3. The topological polar surface area (TPSA) is 98.1 Å². The van der Waals surface area contributed by atoms with E-state index in [0.29, 0.717) is 12.3 Å². The first-order chi connectivity index (χ1) is 14.4. The average molecular weight is 472 g/mol. The van der Waals surface area contributed by atoms with Crippen LogP contribution in [0.5, 0.6) is 5.75 Å². The molecule has 3 rings (SSSR count). The molecule has 0 aliphatic heterocycles. The lowest BCUT2D eigenvalue weighted by atomic mass is 10.0. The van der Waals surface area contributed by atoms with Gasteiger partial charge in [0.1, 0.15) is 12.1 Å². The standard InChI is InChI=1S/C21H22BrN5O3/c1-14(28)24-19(16-5-9-18(30-2)10-6-16)11-20(29)25-21-23-13-27(26-21)12-15-3-7-17(22)8-4-15/h3-10,13,19H,11-12H2,1-2H3,(H,24,28)(H,25,26,29). The number of amides is 2. The molecule has 0 saturated heterocycles. The number of ether oxygens (including phenoxy) is 1. The molecule has 0 fully saturated rings. The SMILES string of the molecule is COc1ccc(C(CC(=O)Nc2ncn(Cc3ccc(Br)cc3)n2)NC(C)=O)cc1. The van der Waals surface area contributed by atoms with E-state index >= 15 is 0 Å². The molecule has 1 atom stereocenters. The molecule has 2 aromatic carbocycles. The largest absolute Gasteiger partial charge is 0.497 e. The minimum Gasteiger partial charge on any atom is -0.497 e. The summed E-state index contributed by atoms with van der Waals surface area (Å²) in [6, 6.07) is 14.6. The molecule has 1 heterocycles. The Bertz CT molecular complexity index is 1000. The summed E-state index contributed by atoms with van der Waals surface area (Å²) >= 11 is 3.41. The third-order valence-electron chi connectivity index (χ3n) is 4.33. The number of aromatic nitrogens is 3. The lowest BCUT2D eigenvalue weighted by Crippen LogP contribution is -2.30. The van der Waals surface area contributed by atoms with E-state index < -0.39 is 6.04 Å². The van der Waals surface area contributed by atoms with Gasteiger partial charge in [-0.05, 0) is 35.4 Å². The number of methoxy groups -OCH3 is 1. The van der Waals surface area contributed by atoms with Crippen LogP contribution in [-0.2, 0) is 16.1 Å². The second kappa shape index (κ2) is 10.0. The molecular weight excluding hydrogens is 450 g/mol. The van der Waals surface area contributed by atoms with Gasteiger partial charge in [-0.3, -0.25) is 14.9 Å². The molecule has 1 unspecified atom stereocenters. The average Bonchev–Trinajstić information content (AvgIpc) is 3.15. The van der Waals surface area contributed by atoms with Gasteiger partial charge < -0.3 is 10.1 Å². The van der Waals surface area contributed by atoms with E-state index in [1.807, 2.05) is 36.4 Å². The maximum atomic E-state index is 12.5. The van der Waals surface area contributed by atoms with Crippen molar-refractivity contribution in [1.82, 2.24) is 20.1 Å². The molecule has 8 nitrogen and oxygen atoms in total. The van der Waals surface area contributed by atoms with Crippen LogP contribution in [0, 0.1) is 0 Å². The van der Waals surface area contributed by atoms with Gasteiger partial charge >= 0.3 is 0 Å². The molecule has 2 N–H and O–H groups in total. The Morgan fingerprint density at radius 1 is 1.13 bits per heavy atom. The minimum absolute atomic E-state index is 0.0488. The quantitative estimate of drug-likeness (QED) is 0.525. The maximum absolute atomic E-state index is 12.5. The molecule has 3 aromatic rings. The number of hydrogen-bond acceptors (Lipinski definition) is 5. The lowest BCUT2D eigenvalue weighted by molar-refractivity contribution is -0.120. The number of carbonyl (C=O) groups excluding carboxylic acids is 2. The number of hydrogen-bond donors (Lipinski definition) is 2. The van der Waals surface area contributed by atoms with Crippen LogP contribution in [0.25, 0.3) is 0 Å². The molecule has 0 aliphatic rings. The number of nitrogens with zero attached hydrogens (tertiary/aromatic N) is 3. The predicted molar refractivity (Wildman–Crippen MR) is 116 cm³/mol. The third-order valence-corrected chi connectivity index (χ3v) is 4.86. The summed E-state index contributed by atoms with van der Waals surface area (Å²) in [6.07, 6.45) is 1.61. The van der Waals surface area contributed by atoms with Gasteiger partial charge in [-0.25, -0.2) is 9.67 Å². The first kappa shape index (κ1) is 21.5. The molecule has 0 aliphatic carbocycles. The second-order valence-electron chi connectivity index (χ2n) is 6.67. The Morgan fingerprint density at radius 3 is 2.47 bits per heavy atom. The molecule has 0 radical (unpaired) electrons. The summed E-state index contributed by atoms with van der Waals surface area (Å²) in [6.45, 7) is 1.95. The van der Waals surface area contributed by atoms with Crippen molar-refractivity contribution in [3.8, 4) is 5.75 Å². The van der Waals surface area contributed by atoms with Gasteiger partial charge in [0.2, 0.25) is 17.8 Å². The third kappa shape index (κ3) is 6.15. The monoisotopic (exact) mass is 471 g/mol. The number of halogens is 1. The van der Waals surface area contributed by atoms with E-state index in [1.54, 1.807) is 30.3 Å². The Hall–Kier alpha value is -3.20. The molecule has 0 bridgehead atoms. The summed E-state index contributed by atoms with van der Waals surface area (Å²) < 4.78 is 7.80. The van der Waals surface area contributed by atoms with E-state index in [4.69, 9.17) is 4.74 Å². The van der Waals surface area contributed by atoms with Gasteiger partial charge in [0.25, 0.3) is 0 Å². The van der Waals surface area contributed by atoms with Crippen LogP contribution in [0.2, 0.25) is 0 Å². The summed E-state index contributed by atoms with van der Waals surface area (Å²) in [5.74, 6) is 0.394. The van der Waals surface area contributed by atoms with Crippen molar-refractivity contribution >= 4 is 33.7 Å². The zero-order valence-corrected chi connectivity index (χ0v) is 18.2. The Balaban J connectivity index is 1.62. The van der Waals surface area contributed by atoms with Gasteiger partial charge in [0.05, 0.1) is 26.1 Å². The van der Waals surface area contributed by atoms with Crippen molar-refractivity contribution < 1.29 is 14.3 Å². The van der Waals surface area contributed by atoms with Gasteiger partial charge in [0.15, 0.2) is 0 Å². The summed E-state index contributed by atoms with van der Waals surface area (Å²) in [5, 5.41) is 9.78. The van der Waals surface area contributed by atoms with Crippen molar-refractivity contribution in [2.45, 2.75) is 25.9 Å². The van der Waals surface area contributed by atoms with Gasteiger partial charge in [-0.2, -0.15) is 0 Å². The van der Waals surface area contributed by atoms with Gasteiger partial charge in [0, 0.05) is 11.4 Å². The normalized spacial score (nSPS) is 11.6. The highest BCUT2D eigenvalue weighted by Gasteiger charge is 2.18. The predicted octanol–water partition coefficient (Wildman–Crippen LogP) is 3.30. The molecule has 1 aromatic heterocycles. The number of benzene rings is 2.